The molecule has 1 saturated heterocycles. The Bertz CT molecular complexity index is 999. The van der Waals surface area contributed by atoms with Crippen molar-refractivity contribution in [3.63, 3.8) is 0 Å². The summed E-state index contributed by atoms with van der Waals surface area (Å²) in [5, 5.41) is 9.35. The van der Waals surface area contributed by atoms with Crippen molar-refractivity contribution in [1.29, 1.82) is 0 Å². The maximum absolute atomic E-state index is 12.7. The summed E-state index contributed by atoms with van der Waals surface area (Å²) in [5.41, 5.74) is 3.69. The first-order chi connectivity index (χ1) is 12.1. The van der Waals surface area contributed by atoms with Crippen LogP contribution in [0.4, 0.5) is 19.1 Å². The molecule has 0 aliphatic carbocycles. The molecule has 1 fully saturated rings. The lowest BCUT2D eigenvalue weighted by atomic mass is 10.1. The first-order valence-corrected chi connectivity index (χ1v) is 7.49. The molecule has 0 bridgehead atoms. The van der Waals surface area contributed by atoms with Gasteiger partial charge in [0.1, 0.15) is 6.23 Å². The summed E-state index contributed by atoms with van der Waals surface area (Å²) in [7, 11) is 0. The van der Waals surface area contributed by atoms with Gasteiger partial charge in [0, 0.05) is 0 Å². The Morgan fingerprint density at radius 3 is 2.77 bits per heavy atom. The molecule has 4 N–H and O–H groups in total. The first-order valence-electron chi connectivity index (χ1n) is 7.49. The van der Waals surface area contributed by atoms with Crippen molar-refractivity contribution >= 4 is 17.1 Å². The van der Waals surface area contributed by atoms with E-state index in [1.807, 2.05) is 0 Å². The number of hydrogen-bond donors (Lipinski definition) is 3. The zero-order valence-corrected chi connectivity index (χ0v) is 13.2. The Hall–Kier alpha value is -2.78. The summed E-state index contributed by atoms with van der Waals surface area (Å²) >= 11 is 0. The van der Waals surface area contributed by atoms with E-state index in [-0.39, 0.29) is 36.5 Å². The molecule has 0 unspecified atom stereocenters. The van der Waals surface area contributed by atoms with Gasteiger partial charge in [0.25, 0.3) is 5.56 Å². The number of hydrogen-bond acceptors (Lipinski definition) is 6. The third-order valence-corrected chi connectivity index (χ3v) is 4.08. The topological polar surface area (TPSA) is 128 Å². The first kappa shape index (κ1) is 18.0. The maximum Gasteiger partial charge on any atom is 0.416 e. The smallest absolute Gasteiger partial charge is 0.381 e. The Labute approximate surface area is 143 Å². The van der Waals surface area contributed by atoms with E-state index in [1.165, 1.54) is 0 Å². The van der Waals surface area contributed by atoms with E-state index in [0.29, 0.717) is 0 Å². The number of terminal acetylenes is 1. The number of aromatic nitrogens is 4. The molecule has 3 heterocycles. The predicted molar refractivity (Wildman–Crippen MR) is 83.1 cm³/mol. The molecule has 140 valence electrons. The highest BCUT2D eigenvalue weighted by atomic mass is 19.4. The van der Waals surface area contributed by atoms with E-state index >= 15 is 0 Å². The average Bonchev–Trinajstić information content (AvgIpc) is 3.10. The van der Waals surface area contributed by atoms with Gasteiger partial charge in [-0.1, -0.05) is 5.92 Å². The van der Waals surface area contributed by atoms with Crippen LogP contribution in [0.3, 0.4) is 0 Å². The second kappa shape index (κ2) is 6.19. The van der Waals surface area contributed by atoms with Crippen LogP contribution in [0.25, 0.3) is 11.2 Å². The second-order valence-corrected chi connectivity index (χ2v) is 5.76. The molecule has 3 rings (SSSR count). The van der Waals surface area contributed by atoms with E-state index < -0.39 is 35.9 Å². The molecule has 1 aliphatic heterocycles. The number of H-pyrrole nitrogens is 1. The molecule has 2 aromatic rings. The van der Waals surface area contributed by atoms with Gasteiger partial charge in [-0.25, -0.2) is 9.36 Å². The van der Waals surface area contributed by atoms with Gasteiger partial charge in [0.2, 0.25) is 5.95 Å². The molecule has 0 amide bonds. The lowest BCUT2D eigenvalue weighted by Crippen LogP contribution is -2.39. The molecule has 12 heteroatoms. The minimum Gasteiger partial charge on any atom is -0.381 e. The second-order valence-electron chi connectivity index (χ2n) is 5.76. The van der Waals surface area contributed by atoms with Crippen molar-refractivity contribution in [2.75, 3.05) is 5.73 Å². The molecule has 26 heavy (non-hydrogen) atoms. The number of imidazole rings is 1. The number of aliphatic hydroxyl groups excluding tert-OH is 1. The average molecular weight is 373 g/mol. The number of nitrogens with two attached hydrogens (primary N) is 1. The number of aliphatic hydroxyl groups is 1. The van der Waals surface area contributed by atoms with Crippen LogP contribution in [-0.4, -0.2) is 42.6 Å². The summed E-state index contributed by atoms with van der Waals surface area (Å²) in [5.74, 6) is 1.94. The molecule has 1 aliphatic rings. The Morgan fingerprint density at radius 1 is 1.46 bits per heavy atom. The Morgan fingerprint density at radius 2 is 2.15 bits per heavy atom. The van der Waals surface area contributed by atoms with Crippen LogP contribution in [0.2, 0.25) is 0 Å². The van der Waals surface area contributed by atoms with Crippen LogP contribution in [-0.2, 0) is 11.3 Å². The van der Waals surface area contributed by atoms with Crippen molar-refractivity contribution < 1.29 is 23.0 Å². The van der Waals surface area contributed by atoms with Gasteiger partial charge in [-0.05, 0) is 12.8 Å². The molecule has 0 aromatic carbocycles. The Kier molecular flexibility index (Phi) is 4.29. The lowest BCUT2D eigenvalue weighted by Gasteiger charge is -2.21. The van der Waals surface area contributed by atoms with Gasteiger partial charge in [0.05, 0.1) is 12.6 Å². The fourth-order valence-electron chi connectivity index (χ4n) is 2.97. The summed E-state index contributed by atoms with van der Waals surface area (Å²) in [6, 6.07) is 0. The number of alkyl halides is 3. The lowest BCUT2D eigenvalue weighted by molar-refractivity contribution is -0.237. The number of halogens is 3. The third kappa shape index (κ3) is 2.85. The van der Waals surface area contributed by atoms with Gasteiger partial charge < -0.3 is 15.6 Å². The zero-order valence-electron chi connectivity index (χ0n) is 13.2. The molecular weight excluding hydrogens is 359 g/mol. The van der Waals surface area contributed by atoms with Crippen LogP contribution >= 0.6 is 0 Å². The van der Waals surface area contributed by atoms with Gasteiger partial charge in [-0.3, -0.25) is 14.3 Å². The predicted octanol–water partition coefficient (Wildman–Crippen LogP) is -0.298. The van der Waals surface area contributed by atoms with Crippen molar-refractivity contribution in [3.05, 3.63) is 20.8 Å². The highest BCUT2D eigenvalue weighted by molar-refractivity contribution is 5.71. The third-order valence-electron chi connectivity index (χ3n) is 4.08. The fourth-order valence-corrected chi connectivity index (χ4v) is 2.97. The molecule has 0 spiro atoms. The van der Waals surface area contributed by atoms with Crippen LogP contribution in [0.15, 0.2) is 9.59 Å². The normalized spacial score (nSPS) is 21.8. The minimum atomic E-state index is -4.86. The standard InChI is InChI=1S/C14H14F3N5O4/c1-2-5-21-8-10(19-12(18)20-11(8)24)22(13(21)25)7-4-3-6(26-7)9(23)14(15,16)17/h1,6-7,9,23H,3-5H2,(H3,18,19,20,24)/t6-,7+,9+/m0/s1. The molecular formula is C14H14F3N5O4. The van der Waals surface area contributed by atoms with E-state index in [2.05, 4.69) is 15.9 Å². The summed E-state index contributed by atoms with van der Waals surface area (Å²) in [4.78, 5) is 30.9. The Balaban J connectivity index is 2.10. The number of anilines is 1. The number of nitrogen functional groups attached to an aromatic ring is 1. The molecule has 0 radical (unpaired) electrons. The quantitative estimate of drug-likeness (QED) is 0.634. The summed E-state index contributed by atoms with van der Waals surface area (Å²) in [6.07, 6.45) is -5.18. The van der Waals surface area contributed by atoms with E-state index in [0.717, 1.165) is 9.13 Å². The van der Waals surface area contributed by atoms with Gasteiger partial charge in [-0.2, -0.15) is 18.2 Å². The number of fused-ring (bicyclic) bond motifs is 1. The number of aromatic amines is 1. The number of nitrogens with zero attached hydrogens (tertiary/aromatic N) is 3. The van der Waals surface area contributed by atoms with Gasteiger partial charge >= 0.3 is 11.9 Å². The van der Waals surface area contributed by atoms with Crippen molar-refractivity contribution in [2.24, 2.45) is 0 Å². The van der Waals surface area contributed by atoms with E-state index in [4.69, 9.17) is 16.9 Å². The monoisotopic (exact) mass is 373 g/mol. The van der Waals surface area contributed by atoms with Crippen LogP contribution < -0.4 is 17.0 Å². The molecule has 3 atom stereocenters. The number of nitrogens with one attached hydrogen (secondary N) is 1. The van der Waals surface area contributed by atoms with Gasteiger partial charge in [-0.15, -0.1) is 6.42 Å². The number of ether oxygens (including phenoxy) is 1. The van der Waals surface area contributed by atoms with Crippen LogP contribution in [0.5, 0.6) is 0 Å². The molecule has 9 nitrogen and oxygen atoms in total. The van der Waals surface area contributed by atoms with Crippen molar-refractivity contribution in [3.8, 4) is 12.3 Å². The van der Waals surface area contributed by atoms with Crippen LogP contribution in [0.1, 0.15) is 19.1 Å². The minimum absolute atomic E-state index is 0.00125. The van der Waals surface area contributed by atoms with E-state index in [9.17, 15) is 27.9 Å². The highest BCUT2D eigenvalue weighted by Crippen LogP contribution is 2.35. The van der Waals surface area contributed by atoms with Crippen LogP contribution in [0, 0.1) is 12.3 Å². The SMILES string of the molecule is C#CCn1c(=O)n([C@H]2CC[C@@H]([C@@H](O)C(F)(F)F)O2)c2nc(N)[nH]c(=O)c21. The summed E-state index contributed by atoms with van der Waals surface area (Å²) in [6.45, 7) is -0.252. The maximum atomic E-state index is 12.7. The van der Waals surface area contributed by atoms with Gasteiger partial charge in [0.15, 0.2) is 17.3 Å². The van der Waals surface area contributed by atoms with Crippen molar-refractivity contribution in [2.45, 2.75) is 44.0 Å². The van der Waals surface area contributed by atoms with E-state index in [1.54, 1.807) is 0 Å². The molecule has 2 aromatic heterocycles. The number of rotatable bonds is 3. The zero-order chi connectivity index (χ0) is 19.2. The fraction of sp³-hybridized carbons (Fsp3) is 0.500. The largest absolute Gasteiger partial charge is 0.416 e. The molecule has 0 saturated carbocycles. The summed E-state index contributed by atoms with van der Waals surface area (Å²) < 4.78 is 45.1. The highest BCUT2D eigenvalue weighted by Gasteiger charge is 2.47. The van der Waals surface area contributed by atoms with Crippen molar-refractivity contribution in [1.82, 2.24) is 19.1 Å².